The summed E-state index contributed by atoms with van der Waals surface area (Å²) in [5.41, 5.74) is 3.27. The summed E-state index contributed by atoms with van der Waals surface area (Å²) in [6.07, 6.45) is -0.822. The normalized spacial score (nSPS) is 25.7. The molecule has 2 heterocycles. The quantitative estimate of drug-likeness (QED) is 0.369. The van der Waals surface area contributed by atoms with Gasteiger partial charge in [-0.05, 0) is 23.6 Å². The first-order chi connectivity index (χ1) is 17.3. The molecule has 182 valence electrons. The summed E-state index contributed by atoms with van der Waals surface area (Å²) in [5, 5.41) is 1.01. The highest BCUT2D eigenvalue weighted by molar-refractivity contribution is 8.14. The summed E-state index contributed by atoms with van der Waals surface area (Å²) in [6.45, 7) is 3.95. The molecule has 0 aromatic heterocycles. The molecule has 5 nitrogen and oxygen atoms in total. The molecule has 0 N–H and O–H groups in total. The Hall–Kier alpha value is -2.48. The van der Waals surface area contributed by atoms with Crippen LogP contribution < -0.4 is 0 Å². The van der Waals surface area contributed by atoms with Crippen molar-refractivity contribution in [3.63, 3.8) is 0 Å². The summed E-state index contributed by atoms with van der Waals surface area (Å²) in [6, 6.07) is 30.5. The van der Waals surface area contributed by atoms with Gasteiger partial charge in [-0.25, -0.2) is 0 Å². The molecule has 3 aromatic carbocycles. The molecule has 0 bridgehead atoms. The van der Waals surface area contributed by atoms with Gasteiger partial charge in [0.05, 0.1) is 31.5 Å². The predicted octanol–water partition coefficient (Wildman–Crippen LogP) is 5.63. The highest BCUT2D eigenvalue weighted by Crippen LogP contribution is 2.39. The summed E-state index contributed by atoms with van der Waals surface area (Å²) >= 11 is 1.66. The topological polar surface area (TPSA) is 49.3 Å². The minimum absolute atomic E-state index is 0.0994. The van der Waals surface area contributed by atoms with E-state index in [1.54, 1.807) is 11.8 Å². The minimum atomic E-state index is -0.314. The van der Waals surface area contributed by atoms with Crippen LogP contribution >= 0.6 is 11.8 Å². The number of hydrogen-bond acceptors (Lipinski definition) is 6. The van der Waals surface area contributed by atoms with E-state index in [-0.39, 0.29) is 29.8 Å². The summed E-state index contributed by atoms with van der Waals surface area (Å²) in [7, 11) is 0. The molecule has 1 saturated heterocycles. The van der Waals surface area contributed by atoms with Crippen LogP contribution in [-0.4, -0.2) is 41.4 Å². The maximum atomic E-state index is 6.55. The summed E-state index contributed by atoms with van der Waals surface area (Å²) in [5.74, 6) is 0. The Morgan fingerprint density at radius 3 is 1.80 bits per heavy atom. The first kappa shape index (κ1) is 24.2. The third kappa shape index (κ3) is 6.40. The van der Waals surface area contributed by atoms with Gasteiger partial charge < -0.3 is 18.9 Å². The minimum Gasteiger partial charge on any atom is -0.374 e. The molecule has 0 aliphatic carbocycles. The molecule has 5 rings (SSSR count). The Bertz CT molecular complexity index is 1080. The number of rotatable bonds is 10. The van der Waals surface area contributed by atoms with E-state index in [1.807, 2.05) is 61.5 Å². The molecule has 6 heteroatoms. The van der Waals surface area contributed by atoms with Crippen molar-refractivity contribution >= 4 is 16.8 Å². The number of ether oxygens (including phenoxy) is 4. The highest BCUT2D eigenvalue weighted by atomic mass is 32.2. The lowest BCUT2D eigenvalue weighted by atomic mass is 9.97. The fourth-order valence-corrected chi connectivity index (χ4v) is 5.53. The molecule has 0 radical (unpaired) electrons. The fraction of sp³-hybridized carbons (Fsp3) is 0.345. The van der Waals surface area contributed by atoms with Crippen LogP contribution in [0.2, 0.25) is 0 Å². The van der Waals surface area contributed by atoms with Crippen molar-refractivity contribution in [2.45, 2.75) is 56.5 Å². The van der Waals surface area contributed by atoms with Crippen molar-refractivity contribution in [1.29, 1.82) is 0 Å². The molecular weight excluding hydrogens is 458 g/mol. The fourth-order valence-electron chi connectivity index (χ4n) is 4.46. The van der Waals surface area contributed by atoms with E-state index in [0.29, 0.717) is 26.4 Å². The second-order valence-corrected chi connectivity index (χ2v) is 10.1. The number of hydrogen-bond donors (Lipinski definition) is 0. The van der Waals surface area contributed by atoms with Crippen LogP contribution in [-0.2, 0) is 38.8 Å². The average molecular weight is 490 g/mol. The Kier molecular flexibility index (Phi) is 8.29. The molecule has 3 aromatic rings. The molecule has 0 saturated carbocycles. The van der Waals surface area contributed by atoms with Crippen LogP contribution in [0.1, 0.15) is 23.6 Å². The first-order valence-corrected chi connectivity index (χ1v) is 12.9. The van der Waals surface area contributed by atoms with Crippen molar-refractivity contribution in [2.75, 3.05) is 6.61 Å². The first-order valence-electron chi connectivity index (χ1n) is 12.1. The van der Waals surface area contributed by atoms with Gasteiger partial charge in [0.1, 0.15) is 29.8 Å². The van der Waals surface area contributed by atoms with Gasteiger partial charge in [0.15, 0.2) is 0 Å². The Morgan fingerprint density at radius 2 is 1.23 bits per heavy atom. The van der Waals surface area contributed by atoms with Gasteiger partial charge in [-0.3, -0.25) is 4.99 Å². The van der Waals surface area contributed by atoms with E-state index in [4.69, 9.17) is 23.9 Å². The van der Waals surface area contributed by atoms with Crippen LogP contribution in [0.3, 0.4) is 0 Å². The SMILES string of the molecule is CC1=N[C@@H]2[C@@H](OCc3ccccc3)[C@H](OCc3ccccc3)[C@@H](COCc3ccccc3)O[C@@H]2S1. The van der Waals surface area contributed by atoms with E-state index < -0.39 is 0 Å². The molecule has 1 fully saturated rings. The van der Waals surface area contributed by atoms with Crippen LogP contribution in [0.4, 0.5) is 0 Å². The molecule has 35 heavy (non-hydrogen) atoms. The molecular formula is C29H31NO4S. The predicted molar refractivity (Wildman–Crippen MR) is 139 cm³/mol. The average Bonchev–Trinajstić information content (AvgIpc) is 3.28. The van der Waals surface area contributed by atoms with Crippen molar-refractivity contribution in [2.24, 2.45) is 4.99 Å². The molecule has 2 aliphatic rings. The second-order valence-electron chi connectivity index (χ2n) is 8.82. The maximum Gasteiger partial charge on any atom is 0.134 e. The third-order valence-corrected chi connectivity index (χ3v) is 7.27. The lowest BCUT2D eigenvalue weighted by Gasteiger charge is -2.42. The van der Waals surface area contributed by atoms with E-state index in [9.17, 15) is 0 Å². The molecule has 0 spiro atoms. The smallest absolute Gasteiger partial charge is 0.134 e. The van der Waals surface area contributed by atoms with E-state index in [0.717, 1.165) is 21.7 Å². The molecule has 5 atom stereocenters. The number of aliphatic imine (C=N–C) groups is 1. The van der Waals surface area contributed by atoms with Gasteiger partial charge in [0.2, 0.25) is 0 Å². The summed E-state index contributed by atoms with van der Waals surface area (Å²) < 4.78 is 25.7. The monoisotopic (exact) mass is 489 g/mol. The van der Waals surface area contributed by atoms with Gasteiger partial charge in [-0.1, -0.05) is 103 Å². The number of nitrogens with zero attached hydrogens (tertiary/aromatic N) is 1. The van der Waals surface area contributed by atoms with Crippen molar-refractivity contribution in [3.8, 4) is 0 Å². The zero-order chi connectivity index (χ0) is 23.9. The van der Waals surface area contributed by atoms with Gasteiger partial charge in [-0.2, -0.15) is 0 Å². The molecule has 2 aliphatic heterocycles. The van der Waals surface area contributed by atoms with E-state index >= 15 is 0 Å². The highest BCUT2D eigenvalue weighted by Gasteiger charge is 2.50. The molecule has 0 unspecified atom stereocenters. The maximum absolute atomic E-state index is 6.55. The molecule has 0 amide bonds. The van der Waals surface area contributed by atoms with Gasteiger partial charge in [-0.15, -0.1) is 0 Å². The standard InChI is InChI=1S/C29H31NO4S/c1-21-30-26-28(33-19-24-15-9-4-10-16-24)27(32-18-23-13-7-3-8-14-23)25(34-29(26)35-21)20-31-17-22-11-5-2-6-12-22/h2-16,25-29H,17-20H2,1H3/t25-,26-,27-,28-,29-/m1/s1. The van der Waals surface area contributed by atoms with Gasteiger partial charge >= 0.3 is 0 Å². The summed E-state index contributed by atoms with van der Waals surface area (Å²) in [4.78, 5) is 4.88. The Labute approximate surface area is 211 Å². The van der Waals surface area contributed by atoms with Crippen LogP contribution in [0.25, 0.3) is 0 Å². The van der Waals surface area contributed by atoms with Crippen LogP contribution in [0.5, 0.6) is 0 Å². The Morgan fingerprint density at radius 1 is 0.714 bits per heavy atom. The van der Waals surface area contributed by atoms with Crippen LogP contribution in [0.15, 0.2) is 96.0 Å². The van der Waals surface area contributed by atoms with E-state index in [2.05, 4.69) is 36.4 Å². The lowest BCUT2D eigenvalue weighted by Crippen LogP contribution is -2.58. The second kappa shape index (κ2) is 12.0. The number of benzene rings is 3. The van der Waals surface area contributed by atoms with Crippen LogP contribution in [0, 0.1) is 0 Å². The van der Waals surface area contributed by atoms with Crippen molar-refractivity contribution in [1.82, 2.24) is 0 Å². The number of thioether (sulfide) groups is 1. The Balaban J connectivity index is 1.34. The lowest BCUT2D eigenvalue weighted by molar-refractivity contribution is -0.210. The largest absolute Gasteiger partial charge is 0.374 e. The van der Waals surface area contributed by atoms with Crippen molar-refractivity contribution < 1.29 is 18.9 Å². The van der Waals surface area contributed by atoms with Gasteiger partial charge in [0.25, 0.3) is 0 Å². The zero-order valence-electron chi connectivity index (χ0n) is 19.9. The zero-order valence-corrected chi connectivity index (χ0v) is 20.7. The van der Waals surface area contributed by atoms with Gasteiger partial charge in [0, 0.05) is 0 Å². The third-order valence-electron chi connectivity index (χ3n) is 6.20. The van der Waals surface area contributed by atoms with E-state index in [1.165, 1.54) is 0 Å². The number of fused-ring (bicyclic) bond motifs is 1. The van der Waals surface area contributed by atoms with Crippen molar-refractivity contribution in [3.05, 3.63) is 108 Å².